The summed E-state index contributed by atoms with van der Waals surface area (Å²) in [6, 6.07) is 67.0. The predicted octanol–water partition coefficient (Wildman–Crippen LogP) is 13.8. The van der Waals surface area contributed by atoms with Crippen LogP contribution in [0.25, 0.3) is 33.1 Å². The highest BCUT2D eigenvalue weighted by Gasteiger charge is 2.53. The molecule has 0 N–H and O–H groups in total. The summed E-state index contributed by atoms with van der Waals surface area (Å²) in [5.74, 6) is 0. The summed E-state index contributed by atoms with van der Waals surface area (Å²) in [7, 11) is 0. The van der Waals surface area contributed by atoms with Gasteiger partial charge in [0.2, 0.25) is 0 Å². The van der Waals surface area contributed by atoms with E-state index in [0.29, 0.717) is 0 Å². The van der Waals surface area contributed by atoms with Crippen LogP contribution in [0, 0.1) is 0 Å². The summed E-state index contributed by atoms with van der Waals surface area (Å²) in [6.07, 6.45) is 0. The highest BCUT2D eigenvalue weighted by atomic mass is 16.3. The quantitative estimate of drug-likeness (QED) is 0.179. The second kappa shape index (κ2) is 10.9. The molecule has 3 heteroatoms. The van der Waals surface area contributed by atoms with Crippen molar-refractivity contribution in [1.82, 2.24) is 0 Å². The van der Waals surface area contributed by atoms with Crippen LogP contribution in [0.5, 0.6) is 0 Å². The summed E-state index contributed by atoms with van der Waals surface area (Å²) in [5, 5.41) is 2.29. The number of fused-ring (bicyclic) bond motifs is 15. The van der Waals surface area contributed by atoms with Gasteiger partial charge in [0, 0.05) is 33.1 Å². The number of furan rings is 1. The van der Waals surface area contributed by atoms with Gasteiger partial charge in [-0.3, -0.25) is 0 Å². The zero-order valence-electron chi connectivity index (χ0n) is 30.6. The average molecular weight is 705 g/mol. The molecule has 260 valence electrons. The minimum absolute atomic E-state index is 0.146. The van der Waals surface area contributed by atoms with Crippen LogP contribution in [0.2, 0.25) is 0 Å². The number of benzene rings is 8. The normalized spacial score (nSPS) is 15.3. The molecule has 0 unspecified atom stereocenters. The fourth-order valence-electron chi connectivity index (χ4n) is 10.3. The smallest absolute Gasteiger partial charge is 0.143 e. The van der Waals surface area contributed by atoms with Crippen molar-refractivity contribution >= 4 is 56.1 Å². The number of para-hydroxylation sites is 6. The van der Waals surface area contributed by atoms with E-state index in [0.717, 1.165) is 33.3 Å². The molecular formula is C52H36N2O. The lowest BCUT2D eigenvalue weighted by Gasteiger charge is -2.45. The third kappa shape index (κ3) is 3.84. The van der Waals surface area contributed by atoms with E-state index in [4.69, 9.17) is 4.42 Å². The van der Waals surface area contributed by atoms with Gasteiger partial charge < -0.3 is 14.2 Å². The maximum atomic E-state index is 6.89. The molecule has 0 saturated heterocycles. The largest absolute Gasteiger partial charge is 0.455 e. The van der Waals surface area contributed by atoms with E-state index in [1.54, 1.807) is 0 Å². The Morgan fingerprint density at radius 1 is 0.400 bits per heavy atom. The topological polar surface area (TPSA) is 19.6 Å². The molecular weight excluding hydrogens is 669 g/mol. The van der Waals surface area contributed by atoms with Crippen LogP contribution in [0.1, 0.15) is 47.2 Å². The van der Waals surface area contributed by atoms with Crippen LogP contribution in [0.15, 0.2) is 186 Å². The Bertz CT molecular complexity index is 2950. The summed E-state index contributed by atoms with van der Waals surface area (Å²) >= 11 is 0. The van der Waals surface area contributed by atoms with Crippen LogP contribution in [-0.4, -0.2) is 0 Å². The summed E-state index contributed by atoms with van der Waals surface area (Å²) < 4.78 is 6.89. The van der Waals surface area contributed by atoms with Gasteiger partial charge in [-0.2, -0.15) is 0 Å². The van der Waals surface area contributed by atoms with E-state index in [9.17, 15) is 0 Å². The van der Waals surface area contributed by atoms with Crippen LogP contribution in [-0.2, 0) is 10.8 Å². The minimum Gasteiger partial charge on any atom is -0.455 e. The van der Waals surface area contributed by atoms with Gasteiger partial charge in [-0.25, -0.2) is 0 Å². The lowest BCUT2D eigenvalue weighted by Crippen LogP contribution is -2.36. The average Bonchev–Trinajstić information content (AvgIpc) is 3.75. The molecule has 0 saturated carbocycles. The number of anilines is 6. The van der Waals surface area contributed by atoms with Crippen molar-refractivity contribution in [2.45, 2.75) is 24.7 Å². The Labute approximate surface area is 320 Å². The molecule has 12 rings (SSSR count). The van der Waals surface area contributed by atoms with Crippen LogP contribution >= 0.6 is 0 Å². The van der Waals surface area contributed by atoms with Crippen molar-refractivity contribution < 1.29 is 4.42 Å². The second-order valence-corrected chi connectivity index (χ2v) is 15.6. The van der Waals surface area contributed by atoms with Crippen molar-refractivity contribution in [2.75, 3.05) is 9.80 Å². The minimum atomic E-state index is -0.625. The highest BCUT2D eigenvalue weighted by Crippen LogP contribution is 2.65. The zero-order valence-corrected chi connectivity index (χ0v) is 30.6. The Hall–Kier alpha value is -6.84. The Kier molecular flexibility index (Phi) is 6.05. The fourth-order valence-corrected chi connectivity index (χ4v) is 10.3. The molecule has 8 aromatic carbocycles. The third-order valence-electron chi connectivity index (χ3n) is 12.6. The van der Waals surface area contributed by atoms with Gasteiger partial charge in [0.15, 0.2) is 0 Å². The lowest BCUT2D eigenvalue weighted by molar-refractivity contribution is 0.632. The van der Waals surface area contributed by atoms with Gasteiger partial charge in [0.25, 0.3) is 0 Å². The first-order valence-corrected chi connectivity index (χ1v) is 19.2. The number of hydrogen-bond acceptors (Lipinski definition) is 3. The zero-order chi connectivity index (χ0) is 36.5. The molecule has 0 fully saturated rings. The Morgan fingerprint density at radius 2 is 0.927 bits per heavy atom. The first kappa shape index (κ1) is 30.6. The Morgan fingerprint density at radius 3 is 1.58 bits per heavy atom. The van der Waals surface area contributed by atoms with Crippen molar-refractivity contribution in [1.29, 1.82) is 0 Å². The number of nitrogens with zero attached hydrogens (tertiary/aromatic N) is 2. The molecule has 55 heavy (non-hydrogen) atoms. The van der Waals surface area contributed by atoms with Crippen LogP contribution in [0.3, 0.4) is 0 Å². The molecule has 2 aliphatic heterocycles. The molecule has 1 aliphatic carbocycles. The number of hydrogen-bond donors (Lipinski definition) is 0. The molecule has 9 aromatic rings. The summed E-state index contributed by atoms with van der Waals surface area (Å²) in [5.41, 5.74) is 18.2. The summed E-state index contributed by atoms with van der Waals surface area (Å²) in [6.45, 7) is 4.70. The van der Waals surface area contributed by atoms with Crippen LogP contribution in [0.4, 0.5) is 34.1 Å². The van der Waals surface area contributed by atoms with E-state index in [-0.39, 0.29) is 5.41 Å². The molecule has 0 bridgehead atoms. The van der Waals surface area contributed by atoms with Crippen molar-refractivity contribution in [2.24, 2.45) is 0 Å². The van der Waals surface area contributed by atoms with Gasteiger partial charge in [0.05, 0.1) is 28.2 Å². The molecule has 0 amide bonds. The van der Waals surface area contributed by atoms with Gasteiger partial charge >= 0.3 is 0 Å². The van der Waals surface area contributed by atoms with Gasteiger partial charge in [-0.15, -0.1) is 0 Å². The molecule has 0 radical (unpaired) electrons. The number of rotatable bonds is 2. The van der Waals surface area contributed by atoms with E-state index < -0.39 is 5.41 Å². The fraction of sp³-hybridized carbons (Fsp3) is 0.0769. The standard InChI is InChI=1S/C52H36N2O/c1-51(2)38-19-7-11-23-44(38)54(45-24-12-8-20-39(45)51)34-28-29-37-43(32-34)52(42-31-30-36-35-18-6-15-27-48(35)55-50(36)49(37)42)40-21-9-13-25-46(40)53(33-16-4-3-5-17-33)47-26-14-10-22-41(47)52/h3-32H,1-2H3. The SMILES string of the molecule is CC1(C)c2ccccc2N(c2ccc3c(c2)C2(c4ccccc4N(c4ccccc4)c4ccccc42)c2ccc4c(oc5ccccc54)c2-3)c2ccccc21. The van der Waals surface area contributed by atoms with Gasteiger partial charge in [0.1, 0.15) is 11.2 Å². The highest BCUT2D eigenvalue weighted by molar-refractivity contribution is 6.13. The molecule has 1 spiro atoms. The van der Waals surface area contributed by atoms with E-state index >= 15 is 0 Å². The first-order valence-electron chi connectivity index (χ1n) is 19.2. The van der Waals surface area contributed by atoms with Gasteiger partial charge in [-0.05, 0) is 93.5 Å². The second-order valence-electron chi connectivity index (χ2n) is 15.6. The van der Waals surface area contributed by atoms with E-state index in [2.05, 4.69) is 206 Å². The summed E-state index contributed by atoms with van der Waals surface area (Å²) in [4.78, 5) is 4.93. The van der Waals surface area contributed by atoms with Crippen LogP contribution < -0.4 is 9.80 Å². The molecule has 3 heterocycles. The maximum Gasteiger partial charge on any atom is 0.143 e. The third-order valence-corrected chi connectivity index (χ3v) is 12.6. The molecule has 3 nitrogen and oxygen atoms in total. The molecule has 3 aliphatic rings. The lowest BCUT2D eigenvalue weighted by atomic mass is 9.64. The van der Waals surface area contributed by atoms with Crippen molar-refractivity contribution in [3.05, 3.63) is 215 Å². The first-order chi connectivity index (χ1) is 27.1. The maximum absolute atomic E-state index is 6.89. The van der Waals surface area contributed by atoms with Gasteiger partial charge in [-0.1, -0.05) is 141 Å². The van der Waals surface area contributed by atoms with E-state index in [1.807, 2.05) is 0 Å². The monoisotopic (exact) mass is 704 g/mol. The van der Waals surface area contributed by atoms with E-state index in [1.165, 1.54) is 67.3 Å². The molecule has 0 atom stereocenters. The van der Waals surface area contributed by atoms with Crippen molar-refractivity contribution in [3.63, 3.8) is 0 Å². The predicted molar refractivity (Wildman–Crippen MR) is 226 cm³/mol. The molecule has 1 aromatic heterocycles. The van der Waals surface area contributed by atoms with Crippen molar-refractivity contribution in [3.8, 4) is 11.1 Å². The Balaban J connectivity index is 1.22.